The maximum absolute atomic E-state index is 9.17. The summed E-state index contributed by atoms with van der Waals surface area (Å²) in [7, 11) is 1.96. The molecule has 0 atom stereocenters. The fourth-order valence-electron chi connectivity index (χ4n) is 2.06. The summed E-state index contributed by atoms with van der Waals surface area (Å²) in [5.74, 6) is 0.834. The van der Waals surface area contributed by atoms with E-state index >= 15 is 0 Å². The van der Waals surface area contributed by atoms with E-state index in [4.69, 9.17) is 5.11 Å². The van der Waals surface area contributed by atoms with Gasteiger partial charge in [0.15, 0.2) is 5.82 Å². The van der Waals surface area contributed by atoms with Gasteiger partial charge < -0.3 is 9.67 Å². The van der Waals surface area contributed by atoms with Gasteiger partial charge in [0.2, 0.25) is 0 Å². The molecule has 4 nitrogen and oxygen atoms in total. The van der Waals surface area contributed by atoms with Gasteiger partial charge in [-0.1, -0.05) is 12.1 Å². The highest BCUT2D eigenvalue weighted by Crippen LogP contribution is 2.22. The lowest BCUT2D eigenvalue weighted by molar-refractivity contribution is 0.282. The molecule has 2 aromatic heterocycles. The Hall–Kier alpha value is -2.20. The Labute approximate surface area is 105 Å². The van der Waals surface area contributed by atoms with Crippen molar-refractivity contribution in [1.29, 1.82) is 0 Å². The van der Waals surface area contributed by atoms with Crippen LogP contribution in [0.1, 0.15) is 5.56 Å². The maximum Gasteiger partial charge on any atom is 0.159 e. The van der Waals surface area contributed by atoms with E-state index in [-0.39, 0.29) is 6.61 Å². The molecule has 0 radical (unpaired) electrons. The van der Waals surface area contributed by atoms with Crippen LogP contribution in [-0.4, -0.2) is 19.6 Å². The number of pyridine rings is 1. The molecule has 1 aromatic carbocycles. The van der Waals surface area contributed by atoms with Crippen LogP contribution >= 0.6 is 0 Å². The normalized spacial score (nSPS) is 11.0. The topological polar surface area (TPSA) is 50.9 Å². The van der Waals surface area contributed by atoms with Crippen molar-refractivity contribution in [1.82, 2.24) is 14.5 Å². The second kappa shape index (κ2) is 4.23. The van der Waals surface area contributed by atoms with Crippen LogP contribution in [0.4, 0.5) is 0 Å². The van der Waals surface area contributed by atoms with E-state index in [0.717, 1.165) is 28.1 Å². The summed E-state index contributed by atoms with van der Waals surface area (Å²) >= 11 is 0. The fourth-order valence-corrected chi connectivity index (χ4v) is 2.06. The minimum absolute atomic E-state index is 0.0417. The molecule has 4 heteroatoms. The summed E-state index contributed by atoms with van der Waals surface area (Å²) in [5.41, 5.74) is 3.65. The molecule has 0 fully saturated rings. The third-order valence-corrected chi connectivity index (χ3v) is 3.02. The first-order valence-electron chi connectivity index (χ1n) is 5.77. The number of aryl methyl sites for hydroxylation is 1. The minimum Gasteiger partial charge on any atom is -0.392 e. The van der Waals surface area contributed by atoms with Gasteiger partial charge in [0.25, 0.3) is 0 Å². The molecule has 0 aliphatic heterocycles. The highest BCUT2D eigenvalue weighted by Gasteiger charge is 2.10. The molecule has 18 heavy (non-hydrogen) atoms. The third kappa shape index (κ3) is 1.67. The van der Waals surface area contributed by atoms with Gasteiger partial charge in [-0.25, -0.2) is 4.98 Å². The largest absolute Gasteiger partial charge is 0.392 e. The van der Waals surface area contributed by atoms with Gasteiger partial charge in [-0.3, -0.25) is 4.98 Å². The smallest absolute Gasteiger partial charge is 0.159 e. The van der Waals surface area contributed by atoms with E-state index < -0.39 is 0 Å². The van der Waals surface area contributed by atoms with Gasteiger partial charge in [0.1, 0.15) is 5.69 Å². The van der Waals surface area contributed by atoms with Crippen molar-refractivity contribution >= 4 is 11.0 Å². The lowest BCUT2D eigenvalue weighted by Gasteiger charge is -2.01. The number of aliphatic hydroxyl groups excluding tert-OH is 1. The first-order valence-corrected chi connectivity index (χ1v) is 5.77. The molecular weight excluding hydrogens is 226 g/mol. The number of aliphatic hydroxyl groups is 1. The lowest BCUT2D eigenvalue weighted by atomic mass is 10.2. The zero-order chi connectivity index (χ0) is 12.5. The molecule has 0 unspecified atom stereocenters. The second-order valence-electron chi connectivity index (χ2n) is 4.19. The van der Waals surface area contributed by atoms with Crippen molar-refractivity contribution in [3.63, 3.8) is 0 Å². The minimum atomic E-state index is 0.0417. The number of fused-ring (bicyclic) bond motifs is 1. The monoisotopic (exact) mass is 239 g/mol. The van der Waals surface area contributed by atoms with E-state index in [9.17, 15) is 0 Å². The Morgan fingerprint density at radius 1 is 1.22 bits per heavy atom. The molecule has 0 bridgehead atoms. The quantitative estimate of drug-likeness (QED) is 0.745. The molecule has 90 valence electrons. The van der Waals surface area contributed by atoms with Gasteiger partial charge in [-0.2, -0.15) is 0 Å². The molecule has 0 saturated carbocycles. The molecule has 1 N–H and O–H groups in total. The first-order chi connectivity index (χ1) is 8.79. The van der Waals surface area contributed by atoms with Crippen molar-refractivity contribution in [3.05, 3.63) is 48.2 Å². The van der Waals surface area contributed by atoms with Gasteiger partial charge in [-0.05, 0) is 29.8 Å². The van der Waals surface area contributed by atoms with Gasteiger partial charge in [0.05, 0.1) is 17.6 Å². The Bertz CT molecular complexity index is 689. The van der Waals surface area contributed by atoms with Crippen LogP contribution in [0.5, 0.6) is 0 Å². The van der Waals surface area contributed by atoms with E-state index in [2.05, 4.69) is 9.97 Å². The summed E-state index contributed by atoms with van der Waals surface area (Å²) in [6.45, 7) is 0.0417. The highest BCUT2D eigenvalue weighted by atomic mass is 16.3. The number of nitrogens with zero attached hydrogens (tertiary/aromatic N) is 3. The number of hydrogen-bond donors (Lipinski definition) is 1. The predicted octanol–water partition coefficient (Wildman–Crippen LogP) is 2.13. The molecule has 0 saturated heterocycles. The van der Waals surface area contributed by atoms with E-state index in [1.54, 1.807) is 6.20 Å². The van der Waals surface area contributed by atoms with E-state index in [0.29, 0.717) is 0 Å². The molecule has 2 heterocycles. The summed E-state index contributed by atoms with van der Waals surface area (Å²) in [6, 6.07) is 11.5. The Kier molecular flexibility index (Phi) is 2.57. The zero-order valence-corrected chi connectivity index (χ0v) is 10.0. The molecule has 0 spiro atoms. The third-order valence-electron chi connectivity index (χ3n) is 3.02. The van der Waals surface area contributed by atoms with Crippen LogP contribution < -0.4 is 0 Å². The maximum atomic E-state index is 9.17. The van der Waals surface area contributed by atoms with Crippen LogP contribution in [0.15, 0.2) is 42.6 Å². The molecule has 0 aliphatic carbocycles. The molecule has 3 aromatic rings. The fraction of sp³-hybridized carbons (Fsp3) is 0.143. The van der Waals surface area contributed by atoms with Crippen molar-refractivity contribution in [2.45, 2.75) is 6.61 Å². The van der Waals surface area contributed by atoms with Crippen molar-refractivity contribution in [2.75, 3.05) is 0 Å². The summed E-state index contributed by atoms with van der Waals surface area (Å²) in [6.07, 6.45) is 1.76. The number of aromatic nitrogens is 3. The van der Waals surface area contributed by atoms with Gasteiger partial charge in [-0.15, -0.1) is 0 Å². The Morgan fingerprint density at radius 2 is 2.11 bits per heavy atom. The summed E-state index contributed by atoms with van der Waals surface area (Å²) in [5, 5.41) is 9.17. The van der Waals surface area contributed by atoms with E-state index in [1.165, 1.54) is 0 Å². The van der Waals surface area contributed by atoms with Crippen LogP contribution in [0.25, 0.3) is 22.6 Å². The van der Waals surface area contributed by atoms with Crippen LogP contribution in [0.2, 0.25) is 0 Å². The second-order valence-corrected chi connectivity index (χ2v) is 4.19. The SMILES string of the molecule is Cn1c(-c2ccccn2)nc2ccc(CO)cc21. The van der Waals surface area contributed by atoms with Gasteiger partial charge >= 0.3 is 0 Å². The van der Waals surface area contributed by atoms with Crippen molar-refractivity contribution in [2.24, 2.45) is 7.05 Å². The molecule has 0 amide bonds. The summed E-state index contributed by atoms with van der Waals surface area (Å²) < 4.78 is 2.00. The Balaban J connectivity index is 2.23. The number of rotatable bonds is 2. The zero-order valence-electron chi connectivity index (χ0n) is 10.0. The predicted molar refractivity (Wildman–Crippen MR) is 69.9 cm³/mol. The van der Waals surface area contributed by atoms with Crippen molar-refractivity contribution in [3.8, 4) is 11.5 Å². The molecular formula is C14H13N3O. The van der Waals surface area contributed by atoms with E-state index in [1.807, 2.05) is 48.0 Å². The first kappa shape index (κ1) is 10.9. The van der Waals surface area contributed by atoms with Crippen LogP contribution in [-0.2, 0) is 13.7 Å². The average Bonchev–Trinajstić information content (AvgIpc) is 2.77. The highest BCUT2D eigenvalue weighted by molar-refractivity contribution is 5.80. The van der Waals surface area contributed by atoms with Gasteiger partial charge in [0, 0.05) is 13.2 Å². The number of hydrogen-bond acceptors (Lipinski definition) is 3. The lowest BCUT2D eigenvalue weighted by Crippen LogP contribution is -1.94. The number of imidazole rings is 1. The van der Waals surface area contributed by atoms with Crippen LogP contribution in [0, 0.1) is 0 Å². The molecule has 0 aliphatic rings. The van der Waals surface area contributed by atoms with Crippen LogP contribution in [0.3, 0.4) is 0 Å². The standard InChI is InChI=1S/C14H13N3O/c1-17-13-8-10(9-18)5-6-11(13)16-14(17)12-4-2-3-7-15-12/h2-8,18H,9H2,1H3. The average molecular weight is 239 g/mol. The molecule has 3 rings (SSSR count). The Morgan fingerprint density at radius 3 is 2.83 bits per heavy atom. The number of benzene rings is 1. The summed E-state index contributed by atoms with van der Waals surface area (Å²) in [4.78, 5) is 8.89. The van der Waals surface area contributed by atoms with Crippen molar-refractivity contribution < 1.29 is 5.11 Å².